The zero-order valence-electron chi connectivity index (χ0n) is 39.6. The third-order valence-corrected chi connectivity index (χ3v) is 15.4. The molecule has 0 bridgehead atoms. The Hall–Kier alpha value is -8.15. The second-order valence-electron chi connectivity index (χ2n) is 20.4. The average Bonchev–Trinajstić information content (AvgIpc) is 3.90. The summed E-state index contributed by atoms with van der Waals surface area (Å²) < 4.78 is 4.92. The molecular formula is C64H51N5. The second-order valence-corrected chi connectivity index (χ2v) is 20.4. The summed E-state index contributed by atoms with van der Waals surface area (Å²) in [6.45, 7) is 12.2. The number of hydrogen-bond acceptors (Lipinski definition) is 3. The van der Waals surface area contributed by atoms with Gasteiger partial charge in [-0.2, -0.15) is 9.97 Å². The quantitative estimate of drug-likeness (QED) is 0.167. The third-order valence-electron chi connectivity index (χ3n) is 15.4. The van der Waals surface area contributed by atoms with Crippen molar-refractivity contribution in [2.75, 3.05) is 0 Å². The maximum atomic E-state index is 5.64. The normalized spacial score (nSPS) is 15.3. The van der Waals surface area contributed by atoms with Crippen LogP contribution < -0.4 is 0 Å². The molecule has 0 spiro atoms. The lowest BCUT2D eigenvalue weighted by molar-refractivity contribution is 0.233. The van der Waals surface area contributed by atoms with Crippen molar-refractivity contribution in [2.45, 2.75) is 51.9 Å². The fraction of sp³-hybridized carbons (Fsp3) is 0.141. The number of hydrogen-bond donors (Lipinski definition) is 0. The van der Waals surface area contributed by atoms with Crippen LogP contribution in [0.15, 0.2) is 200 Å². The van der Waals surface area contributed by atoms with E-state index < -0.39 is 0 Å². The Morgan fingerprint density at radius 1 is 0.420 bits per heavy atom. The van der Waals surface area contributed by atoms with Crippen LogP contribution in [0.1, 0.15) is 52.2 Å². The standard InChI is InChI=1S/C64H51N5/c1-40-39-63(2,3)57-53(64(40,4)5)29-19-31-55(57)68-54-30-18-17-28-49(54)50-32-33-51-52-37-44-26-15-16-27-45(44)38-56(52)69(59(51)58(50)68)62-66-60(43-24-13-8-14-25-43)65-61(67-62)48-35-46(41-20-9-6-10-21-41)34-47(36-48)42-22-11-7-12-23-42/h6-38,40H,39H2,1-5H3. The van der Waals surface area contributed by atoms with Crippen LogP contribution in [0.5, 0.6) is 0 Å². The SMILES string of the molecule is CC1CC(C)(C)c2c(-n3c4ccccc4c4ccc5c6cc7ccccc7cc6n(-c6nc(-c7ccccc7)nc(-c7cc(-c8ccccc8)cc(-c8ccccc8)c7)n6)c5c43)cccc2C1(C)C. The Morgan fingerprint density at radius 3 is 1.62 bits per heavy atom. The zero-order valence-corrected chi connectivity index (χ0v) is 39.6. The van der Waals surface area contributed by atoms with Crippen LogP contribution in [0, 0.1) is 5.92 Å². The molecule has 12 aromatic rings. The molecule has 9 aromatic carbocycles. The van der Waals surface area contributed by atoms with Crippen LogP contribution in [0.2, 0.25) is 0 Å². The number of fused-ring (bicyclic) bond motifs is 9. The minimum absolute atomic E-state index is 0.00272. The highest BCUT2D eigenvalue weighted by molar-refractivity contribution is 6.25. The first-order chi connectivity index (χ1) is 33.6. The monoisotopic (exact) mass is 889 g/mol. The largest absolute Gasteiger partial charge is 0.307 e. The summed E-state index contributed by atoms with van der Waals surface area (Å²) >= 11 is 0. The molecule has 1 unspecified atom stereocenters. The molecule has 332 valence electrons. The van der Waals surface area contributed by atoms with Gasteiger partial charge in [-0.15, -0.1) is 0 Å². The minimum atomic E-state index is -0.0719. The molecule has 3 heterocycles. The number of para-hydroxylation sites is 1. The second kappa shape index (κ2) is 15.4. The van der Waals surface area contributed by atoms with E-state index in [0.29, 0.717) is 23.5 Å². The van der Waals surface area contributed by atoms with Gasteiger partial charge in [0.15, 0.2) is 11.6 Å². The summed E-state index contributed by atoms with van der Waals surface area (Å²) in [5.74, 6) is 2.30. The molecular weight excluding hydrogens is 839 g/mol. The van der Waals surface area contributed by atoms with Gasteiger partial charge in [0.05, 0.1) is 27.8 Å². The lowest BCUT2D eigenvalue weighted by Crippen LogP contribution is -2.41. The number of rotatable bonds is 6. The van der Waals surface area contributed by atoms with E-state index >= 15 is 0 Å². The lowest BCUT2D eigenvalue weighted by atomic mass is 9.58. The summed E-state index contributed by atoms with van der Waals surface area (Å²) in [6.07, 6.45) is 1.09. The summed E-state index contributed by atoms with van der Waals surface area (Å²) in [7, 11) is 0. The zero-order chi connectivity index (χ0) is 46.6. The first kappa shape index (κ1) is 41.1. The average molecular weight is 890 g/mol. The van der Waals surface area contributed by atoms with Crippen molar-refractivity contribution >= 4 is 54.4 Å². The molecule has 5 nitrogen and oxygen atoms in total. The molecule has 5 heteroatoms. The summed E-state index contributed by atoms with van der Waals surface area (Å²) in [5.41, 5.74) is 14.7. The first-order valence-corrected chi connectivity index (χ1v) is 24.2. The van der Waals surface area contributed by atoms with Gasteiger partial charge in [-0.1, -0.05) is 192 Å². The van der Waals surface area contributed by atoms with Gasteiger partial charge < -0.3 is 4.57 Å². The molecule has 0 fully saturated rings. The molecule has 1 aliphatic rings. The van der Waals surface area contributed by atoms with Crippen LogP contribution in [-0.4, -0.2) is 24.1 Å². The lowest BCUT2D eigenvalue weighted by Gasteiger charge is -2.47. The maximum absolute atomic E-state index is 5.64. The van der Waals surface area contributed by atoms with E-state index in [1.807, 2.05) is 6.07 Å². The number of benzene rings is 9. The van der Waals surface area contributed by atoms with Crippen LogP contribution in [0.4, 0.5) is 0 Å². The van der Waals surface area contributed by atoms with Crippen LogP contribution in [0.25, 0.3) is 111 Å². The van der Waals surface area contributed by atoms with Crippen molar-refractivity contribution in [3.05, 3.63) is 211 Å². The molecule has 0 aliphatic heterocycles. The van der Waals surface area contributed by atoms with E-state index in [1.165, 1.54) is 38.5 Å². The van der Waals surface area contributed by atoms with Crippen molar-refractivity contribution in [1.82, 2.24) is 24.1 Å². The van der Waals surface area contributed by atoms with Crippen molar-refractivity contribution in [3.8, 4) is 56.7 Å². The Kier molecular flexibility index (Phi) is 9.19. The van der Waals surface area contributed by atoms with E-state index in [-0.39, 0.29) is 10.8 Å². The molecule has 0 radical (unpaired) electrons. The highest BCUT2D eigenvalue weighted by Gasteiger charge is 2.43. The number of nitrogens with zero attached hydrogens (tertiary/aromatic N) is 5. The van der Waals surface area contributed by atoms with Crippen molar-refractivity contribution in [3.63, 3.8) is 0 Å². The highest BCUT2D eigenvalue weighted by atomic mass is 15.2. The Labute approximate surface area is 402 Å². The number of aromatic nitrogens is 5. The van der Waals surface area contributed by atoms with Gasteiger partial charge in [0.2, 0.25) is 5.95 Å². The molecule has 13 rings (SSSR count). The molecule has 69 heavy (non-hydrogen) atoms. The van der Waals surface area contributed by atoms with Gasteiger partial charge in [-0.05, 0) is 110 Å². The molecule has 0 saturated carbocycles. The van der Waals surface area contributed by atoms with Crippen LogP contribution in [-0.2, 0) is 10.8 Å². The van der Waals surface area contributed by atoms with E-state index in [9.17, 15) is 0 Å². The summed E-state index contributed by atoms with van der Waals surface area (Å²) in [4.78, 5) is 16.5. The molecule has 0 saturated heterocycles. The molecule has 0 amide bonds. The molecule has 1 aliphatic carbocycles. The predicted molar refractivity (Wildman–Crippen MR) is 288 cm³/mol. The van der Waals surface area contributed by atoms with Gasteiger partial charge in [0, 0.05) is 32.7 Å². The molecule has 3 aromatic heterocycles. The van der Waals surface area contributed by atoms with Gasteiger partial charge in [0.1, 0.15) is 0 Å². The minimum Gasteiger partial charge on any atom is -0.307 e. The summed E-state index contributed by atoms with van der Waals surface area (Å²) in [6, 6.07) is 72.2. The topological polar surface area (TPSA) is 48.5 Å². The highest BCUT2D eigenvalue weighted by Crippen LogP contribution is 2.52. The maximum Gasteiger partial charge on any atom is 0.238 e. The van der Waals surface area contributed by atoms with Crippen LogP contribution >= 0.6 is 0 Å². The first-order valence-electron chi connectivity index (χ1n) is 24.2. The Morgan fingerprint density at radius 2 is 0.957 bits per heavy atom. The van der Waals surface area contributed by atoms with Crippen molar-refractivity contribution < 1.29 is 0 Å². The van der Waals surface area contributed by atoms with E-state index in [0.717, 1.165) is 72.5 Å². The predicted octanol–water partition coefficient (Wildman–Crippen LogP) is 16.5. The van der Waals surface area contributed by atoms with Gasteiger partial charge in [0.25, 0.3) is 0 Å². The Balaban J connectivity index is 1.19. The smallest absolute Gasteiger partial charge is 0.238 e. The fourth-order valence-corrected chi connectivity index (χ4v) is 11.7. The van der Waals surface area contributed by atoms with Crippen molar-refractivity contribution in [2.24, 2.45) is 5.92 Å². The van der Waals surface area contributed by atoms with E-state index in [1.54, 1.807) is 0 Å². The molecule has 0 N–H and O–H groups in total. The summed E-state index contributed by atoms with van der Waals surface area (Å²) in [5, 5.41) is 7.03. The fourth-order valence-electron chi connectivity index (χ4n) is 11.7. The van der Waals surface area contributed by atoms with Crippen LogP contribution in [0.3, 0.4) is 0 Å². The Bertz CT molecular complexity index is 3930. The van der Waals surface area contributed by atoms with Gasteiger partial charge in [-0.3, -0.25) is 4.57 Å². The van der Waals surface area contributed by atoms with Crippen molar-refractivity contribution in [1.29, 1.82) is 0 Å². The third kappa shape index (κ3) is 6.48. The molecule has 1 atom stereocenters. The van der Waals surface area contributed by atoms with E-state index in [4.69, 9.17) is 15.0 Å². The van der Waals surface area contributed by atoms with Gasteiger partial charge in [-0.25, -0.2) is 4.98 Å². The van der Waals surface area contributed by atoms with Gasteiger partial charge >= 0.3 is 0 Å². The van der Waals surface area contributed by atoms with E-state index in [2.05, 4.69) is 238 Å².